The molecule has 0 unspecified atom stereocenters. The van der Waals surface area contributed by atoms with E-state index in [4.69, 9.17) is 0 Å². The van der Waals surface area contributed by atoms with Crippen LogP contribution in [0.2, 0.25) is 0 Å². The Hall–Kier alpha value is -1.56. The van der Waals surface area contributed by atoms with Gasteiger partial charge in [-0.15, -0.1) is 0 Å². The molecule has 0 N–H and O–H groups in total. The predicted octanol–water partition coefficient (Wildman–Crippen LogP) is 1.40. The quantitative estimate of drug-likeness (QED) is 0.828. The zero-order valence-electron chi connectivity index (χ0n) is 12.7. The summed E-state index contributed by atoms with van der Waals surface area (Å²) < 4.78 is 23.8. The molecule has 1 aromatic carbocycles. The molecule has 0 aliphatic carbocycles. The molecule has 1 aliphatic heterocycles. The fourth-order valence-corrected chi connectivity index (χ4v) is 3.71. The normalized spacial score (nSPS) is 21.7. The number of hydrogen-bond acceptors (Lipinski definition) is 4. The van der Waals surface area contributed by atoms with Crippen molar-refractivity contribution in [3.8, 4) is 0 Å². The number of anilines is 1. The van der Waals surface area contributed by atoms with Gasteiger partial charge in [0.05, 0.1) is 11.0 Å². The SMILES string of the molecule is C[C@H]1CCN(C(=O)c2cccc(N(C)C)c2)CCS1(=O)=O. The Morgan fingerprint density at radius 1 is 1.29 bits per heavy atom. The van der Waals surface area contributed by atoms with Crippen LogP contribution in [0.5, 0.6) is 0 Å². The monoisotopic (exact) mass is 310 g/mol. The number of nitrogens with zero attached hydrogens (tertiary/aromatic N) is 2. The standard InChI is InChI=1S/C15H22N2O3S/c1-12-7-8-17(9-10-21(12,19)20)15(18)13-5-4-6-14(11-13)16(2)3/h4-6,11-12H,7-10H2,1-3H3/t12-/m0/s1. The molecular weight excluding hydrogens is 288 g/mol. The number of rotatable bonds is 2. The van der Waals surface area contributed by atoms with E-state index in [0.29, 0.717) is 18.5 Å². The summed E-state index contributed by atoms with van der Waals surface area (Å²) >= 11 is 0. The molecule has 1 saturated heterocycles. The Kier molecular flexibility index (Phi) is 4.56. The summed E-state index contributed by atoms with van der Waals surface area (Å²) in [6.07, 6.45) is 0.501. The minimum atomic E-state index is -3.07. The van der Waals surface area contributed by atoms with E-state index < -0.39 is 9.84 Å². The van der Waals surface area contributed by atoms with Gasteiger partial charge in [0.1, 0.15) is 0 Å². The number of sulfone groups is 1. The Labute approximate surface area is 126 Å². The molecule has 1 aromatic rings. The smallest absolute Gasteiger partial charge is 0.253 e. The van der Waals surface area contributed by atoms with E-state index >= 15 is 0 Å². The van der Waals surface area contributed by atoms with Gasteiger partial charge in [-0.3, -0.25) is 4.79 Å². The highest BCUT2D eigenvalue weighted by Gasteiger charge is 2.28. The molecule has 0 aromatic heterocycles. The molecule has 1 fully saturated rings. The highest BCUT2D eigenvalue weighted by Crippen LogP contribution is 2.18. The van der Waals surface area contributed by atoms with E-state index in [2.05, 4.69) is 0 Å². The second-order valence-electron chi connectivity index (χ2n) is 5.70. The lowest BCUT2D eigenvalue weighted by molar-refractivity contribution is 0.0767. The van der Waals surface area contributed by atoms with Crippen LogP contribution in [-0.4, -0.2) is 57.4 Å². The first kappa shape index (κ1) is 15.8. The molecule has 6 heteroatoms. The van der Waals surface area contributed by atoms with Crippen LogP contribution in [0.1, 0.15) is 23.7 Å². The first-order valence-corrected chi connectivity index (χ1v) is 8.81. The molecular formula is C15H22N2O3S. The van der Waals surface area contributed by atoms with Crippen molar-refractivity contribution in [3.63, 3.8) is 0 Å². The van der Waals surface area contributed by atoms with Gasteiger partial charge >= 0.3 is 0 Å². The molecule has 1 heterocycles. The van der Waals surface area contributed by atoms with Crippen LogP contribution in [0.25, 0.3) is 0 Å². The zero-order valence-corrected chi connectivity index (χ0v) is 13.6. The van der Waals surface area contributed by atoms with Gasteiger partial charge in [0.25, 0.3) is 5.91 Å². The fourth-order valence-electron chi connectivity index (χ4n) is 2.37. The van der Waals surface area contributed by atoms with Gasteiger partial charge in [0, 0.05) is 38.4 Å². The summed E-state index contributed by atoms with van der Waals surface area (Å²) in [7, 11) is 0.771. The number of carbonyl (C=O) groups is 1. The molecule has 21 heavy (non-hydrogen) atoms. The maximum absolute atomic E-state index is 12.6. The van der Waals surface area contributed by atoms with Gasteiger partial charge < -0.3 is 9.80 Å². The second-order valence-corrected chi connectivity index (χ2v) is 8.24. The summed E-state index contributed by atoms with van der Waals surface area (Å²) in [4.78, 5) is 16.1. The number of carbonyl (C=O) groups excluding carboxylic acids is 1. The summed E-state index contributed by atoms with van der Waals surface area (Å²) in [6.45, 7) is 2.49. The first-order valence-electron chi connectivity index (χ1n) is 7.09. The Morgan fingerprint density at radius 3 is 2.67 bits per heavy atom. The average Bonchev–Trinajstić information content (AvgIpc) is 2.58. The van der Waals surface area contributed by atoms with Gasteiger partial charge in [-0.25, -0.2) is 8.42 Å². The molecule has 0 bridgehead atoms. The van der Waals surface area contributed by atoms with Crippen LogP contribution in [-0.2, 0) is 9.84 Å². The van der Waals surface area contributed by atoms with Crippen molar-refractivity contribution in [2.75, 3.05) is 37.8 Å². The second kappa shape index (κ2) is 6.05. The third-order valence-corrected chi connectivity index (χ3v) is 6.17. The van der Waals surface area contributed by atoms with Crippen molar-refractivity contribution in [3.05, 3.63) is 29.8 Å². The van der Waals surface area contributed by atoms with E-state index in [1.54, 1.807) is 17.9 Å². The Bertz CT molecular complexity index is 626. The van der Waals surface area contributed by atoms with E-state index in [-0.39, 0.29) is 23.5 Å². The average molecular weight is 310 g/mol. The fraction of sp³-hybridized carbons (Fsp3) is 0.533. The van der Waals surface area contributed by atoms with Gasteiger partial charge in [0.2, 0.25) is 0 Å². The van der Waals surface area contributed by atoms with Gasteiger partial charge in [0.15, 0.2) is 9.84 Å². The third kappa shape index (κ3) is 3.56. The van der Waals surface area contributed by atoms with Crippen LogP contribution < -0.4 is 4.90 Å². The van der Waals surface area contributed by atoms with Gasteiger partial charge in [-0.05, 0) is 31.5 Å². The largest absolute Gasteiger partial charge is 0.378 e. The lowest BCUT2D eigenvalue weighted by Gasteiger charge is -2.21. The molecule has 0 saturated carbocycles. The Morgan fingerprint density at radius 2 is 2.00 bits per heavy atom. The summed E-state index contributed by atoms with van der Waals surface area (Å²) in [5, 5.41) is -0.372. The maximum atomic E-state index is 12.6. The molecule has 1 atom stereocenters. The number of benzene rings is 1. The van der Waals surface area contributed by atoms with E-state index in [0.717, 1.165) is 5.69 Å². The number of hydrogen-bond donors (Lipinski definition) is 0. The predicted molar refractivity (Wildman–Crippen MR) is 84.5 cm³/mol. The molecule has 5 nitrogen and oxygen atoms in total. The van der Waals surface area contributed by atoms with Crippen LogP contribution in [0.3, 0.4) is 0 Å². The van der Waals surface area contributed by atoms with Crippen molar-refractivity contribution in [2.45, 2.75) is 18.6 Å². The lowest BCUT2D eigenvalue weighted by atomic mass is 10.1. The highest BCUT2D eigenvalue weighted by atomic mass is 32.2. The van der Waals surface area contributed by atoms with Crippen LogP contribution >= 0.6 is 0 Å². The maximum Gasteiger partial charge on any atom is 0.253 e. The van der Waals surface area contributed by atoms with Crippen molar-refractivity contribution in [1.29, 1.82) is 0 Å². The molecule has 1 aliphatic rings. The summed E-state index contributed by atoms with van der Waals surface area (Å²) in [5.41, 5.74) is 1.56. The topological polar surface area (TPSA) is 57.7 Å². The Balaban J connectivity index is 2.19. The first-order chi connectivity index (χ1) is 9.81. The third-order valence-electron chi connectivity index (χ3n) is 3.96. The molecule has 0 spiro atoms. The number of amides is 1. The highest BCUT2D eigenvalue weighted by molar-refractivity contribution is 7.92. The van der Waals surface area contributed by atoms with Crippen LogP contribution in [0.15, 0.2) is 24.3 Å². The molecule has 1 amide bonds. The van der Waals surface area contributed by atoms with Crippen molar-refractivity contribution >= 4 is 21.4 Å². The minimum absolute atomic E-state index is 0.0489. The van der Waals surface area contributed by atoms with Crippen LogP contribution in [0, 0.1) is 0 Å². The van der Waals surface area contributed by atoms with Gasteiger partial charge in [-0.2, -0.15) is 0 Å². The van der Waals surface area contributed by atoms with Crippen molar-refractivity contribution < 1.29 is 13.2 Å². The summed E-state index contributed by atoms with van der Waals surface area (Å²) in [5.74, 6) is -0.0456. The minimum Gasteiger partial charge on any atom is -0.378 e. The van der Waals surface area contributed by atoms with E-state index in [1.807, 2.05) is 37.2 Å². The molecule has 116 valence electrons. The lowest BCUT2D eigenvalue weighted by Crippen LogP contribution is -2.33. The summed E-state index contributed by atoms with van der Waals surface area (Å²) in [6, 6.07) is 7.40. The van der Waals surface area contributed by atoms with E-state index in [9.17, 15) is 13.2 Å². The van der Waals surface area contributed by atoms with Crippen molar-refractivity contribution in [2.24, 2.45) is 0 Å². The molecule has 2 rings (SSSR count). The van der Waals surface area contributed by atoms with Crippen LogP contribution in [0.4, 0.5) is 5.69 Å². The van der Waals surface area contributed by atoms with Crippen molar-refractivity contribution in [1.82, 2.24) is 4.90 Å². The van der Waals surface area contributed by atoms with Gasteiger partial charge in [-0.1, -0.05) is 6.07 Å². The zero-order chi connectivity index (χ0) is 15.6. The van der Waals surface area contributed by atoms with E-state index in [1.165, 1.54) is 0 Å². The molecule has 0 radical (unpaired) electrons.